The molecule has 1 saturated carbocycles. The smallest absolute Gasteiger partial charge is 0.462 e. The third-order valence-corrected chi connectivity index (χ3v) is 9.36. The minimum Gasteiger partial charge on any atom is -0.462 e. The zero-order chi connectivity index (χ0) is 40.8. The van der Waals surface area contributed by atoms with E-state index in [-0.39, 0.29) is 25.2 Å². The van der Waals surface area contributed by atoms with Gasteiger partial charge < -0.3 is 64.6 Å². The molecule has 0 amide bonds. The van der Waals surface area contributed by atoms with Gasteiger partial charge in [0.25, 0.3) is 0 Å². The highest BCUT2D eigenvalue weighted by Gasteiger charge is 2.56. The quantitative estimate of drug-likeness (QED) is 0.0311. The number of ether oxygens (including phenoxy) is 2. The second kappa shape index (κ2) is 26.8. The Bertz CT molecular complexity index is 1160. The molecule has 9 atom stereocenters. The van der Waals surface area contributed by atoms with E-state index in [4.69, 9.17) is 39.3 Å². The lowest BCUT2D eigenvalue weighted by Gasteiger charge is -2.44. The third-order valence-electron chi connectivity index (χ3n) is 7.33. The molecule has 53 heavy (non-hydrogen) atoms. The predicted octanol–water partition coefficient (Wildman–Crippen LogP) is 0.0486. The van der Waals surface area contributed by atoms with Gasteiger partial charge in [-0.1, -0.05) is 65.2 Å². The van der Waals surface area contributed by atoms with Gasteiger partial charge in [0.05, 0.1) is 19.8 Å². The number of hydrogen-bond donors (Lipinski definition) is 11. The molecule has 0 saturated heterocycles. The van der Waals surface area contributed by atoms with Crippen LogP contribution in [-0.4, -0.2) is 142 Å². The summed E-state index contributed by atoms with van der Waals surface area (Å²) in [6.45, 7) is 2.09. The number of rotatable bonds is 26. The standard InChI is InChI=1S/C19H36O5.C9H21O17P3/c1-3-5-7-9-11-13-18(21)23-16-17(15-20)24-19(22)14-12-10-8-6-4-2;10-1-3(11)2-23-29(21,22)26-7-4(12)5(13)8(24-27(15,16)17)9(6(7)14)25-28(18,19)20/h17,20H,3-16H2,1-2H3;3-14H,1-2H2,(H,21,22)(H2,15,16,17)(H2,18,19,20)/t;3?,4-,5+,6+,7-,8-,9-/m.1/s1. The fourth-order valence-corrected chi connectivity index (χ4v) is 6.74. The fourth-order valence-electron chi connectivity index (χ4n) is 4.64. The summed E-state index contributed by atoms with van der Waals surface area (Å²) in [5, 5.41) is 57.1. The zero-order valence-corrected chi connectivity index (χ0v) is 32.4. The SMILES string of the molecule is CCCCCCCC(=O)OCC(CO)OC(=O)CCCCCCC.O=P(O)(O)O[C@@H]1[C@@H](O)[C@@H](O)[C@@H](OP(=O)(O)OCC(O)CO)[C@H](O)[C@H]1OP(=O)(O)O. The maximum atomic E-state index is 11.9. The molecule has 0 aliphatic heterocycles. The maximum absolute atomic E-state index is 11.9. The topological polar surface area (TPSA) is 363 Å². The van der Waals surface area contributed by atoms with E-state index in [1.807, 2.05) is 0 Å². The molecule has 316 valence electrons. The Labute approximate surface area is 307 Å². The van der Waals surface area contributed by atoms with Crippen molar-refractivity contribution < 1.29 is 106 Å². The van der Waals surface area contributed by atoms with Crippen LogP contribution in [0.25, 0.3) is 0 Å². The van der Waals surface area contributed by atoms with Crippen LogP contribution in [0.15, 0.2) is 0 Å². The first-order valence-corrected chi connectivity index (χ1v) is 21.6. The third kappa shape index (κ3) is 24.3. The van der Waals surface area contributed by atoms with Crippen molar-refractivity contribution in [2.24, 2.45) is 0 Å². The number of carbonyl (C=O) groups is 2. The van der Waals surface area contributed by atoms with Gasteiger partial charge in [0, 0.05) is 12.8 Å². The molecule has 0 aromatic rings. The number of esters is 2. The van der Waals surface area contributed by atoms with Crippen LogP contribution in [0.4, 0.5) is 0 Å². The van der Waals surface area contributed by atoms with Crippen molar-refractivity contribution in [2.75, 3.05) is 26.4 Å². The van der Waals surface area contributed by atoms with E-state index in [1.54, 1.807) is 0 Å². The van der Waals surface area contributed by atoms with Crippen LogP contribution in [0.1, 0.15) is 90.9 Å². The summed E-state index contributed by atoms with van der Waals surface area (Å²) in [4.78, 5) is 68.4. The van der Waals surface area contributed by atoms with Gasteiger partial charge in [-0.05, 0) is 12.8 Å². The fraction of sp³-hybridized carbons (Fsp3) is 0.929. The van der Waals surface area contributed by atoms with Gasteiger partial charge in [-0.15, -0.1) is 0 Å². The lowest BCUT2D eigenvalue weighted by Crippen LogP contribution is -2.65. The van der Waals surface area contributed by atoms with E-state index in [0.717, 1.165) is 38.5 Å². The Balaban J connectivity index is 0.00000104. The molecule has 0 aromatic carbocycles. The molecular formula is C28H57O22P3. The van der Waals surface area contributed by atoms with Crippen LogP contribution in [0.5, 0.6) is 0 Å². The molecule has 0 spiro atoms. The molecule has 1 aliphatic carbocycles. The highest BCUT2D eigenvalue weighted by Crippen LogP contribution is 2.51. The summed E-state index contributed by atoms with van der Waals surface area (Å²) in [6, 6.07) is 0. The number of unbranched alkanes of at least 4 members (excludes halogenated alkanes) is 8. The van der Waals surface area contributed by atoms with Gasteiger partial charge in [0.1, 0.15) is 49.3 Å². The molecule has 0 bridgehead atoms. The van der Waals surface area contributed by atoms with E-state index in [9.17, 15) is 48.6 Å². The van der Waals surface area contributed by atoms with E-state index in [2.05, 4.69) is 31.9 Å². The monoisotopic (exact) mass is 838 g/mol. The summed E-state index contributed by atoms with van der Waals surface area (Å²) in [6.07, 6.45) is -5.56. The summed E-state index contributed by atoms with van der Waals surface area (Å²) >= 11 is 0. The summed E-state index contributed by atoms with van der Waals surface area (Å²) in [7, 11) is -16.2. The van der Waals surface area contributed by atoms with Gasteiger partial charge in [0.2, 0.25) is 0 Å². The number of hydrogen-bond acceptors (Lipinski definition) is 17. The molecule has 0 heterocycles. The van der Waals surface area contributed by atoms with Crippen molar-refractivity contribution in [3.05, 3.63) is 0 Å². The van der Waals surface area contributed by atoms with Crippen LogP contribution >= 0.6 is 23.5 Å². The maximum Gasteiger partial charge on any atom is 0.472 e. The van der Waals surface area contributed by atoms with Crippen molar-refractivity contribution in [3.63, 3.8) is 0 Å². The van der Waals surface area contributed by atoms with Crippen molar-refractivity contribution >= 4 is 35.4 Å². The molecule has 1 rings (SSSR count). The lowest BCUT2D eigenvalue weighted by molar-refractivity contribution is -0.213. The van der Waals surface area contributed by atoms with Crippen molar-refractivity contribution in [1.82, 2.24) is 0 Å². The molecule has 25 heteroatoms. The Kier molecular flexibility index (Phi) is 26.3. The Morgan fingerprint density at radius 1 is 0.604 bits per heavy atom. The number of aliphatic hydroxyl groups excluding tert-OH is 6. The van der Waals surface area contributed by atoms with Gasteiger partial charge in [-0.3, -0.25) is 27.7 Å². The lowest BCUT2D eigenvalue weighted by atomic mass is 9.85. The summed E-state index contributed by atoms with van der Waals surface area (Å²) in [5.74, 6) is -0.623. The normalized spacial score (nSPS) is 24.3. The molecular weight excluding hydrogens is 781 g/mol. The number of carbonyl (C=O) groups excluding carboxylic acids is 2. The predicted molar refractivity (Wildman–Crippen MR) is 180 cm³/mol. The molecule has 0 radical (unpaired) electrons. The largest absolute Gasteiger partial charge is 0.472 e. The summed E-state index contributed by atoms with van der Waals surface area (Å²) < 4.78 is 61.2. The second-order valence-corrected chi connectivity index (χ2v) is 15.9. The highest BCUT2D eigenvalue weighted by molar-refractivity contribution is 7.47. The zero-order valence-electron chi connectivity index (χ0n) is 29.7. The van der Waals surface area contributed by atoms with E-state index < -0.39 is 85.5 Å². The van der Waals surface area contributed by atoms with Crippen molar-refractivity contribution in [3.8, 4) is 0 Å². The van der Waals surface area contributed by atoms with Crippen LogP contribution in [-0.2, 0) is 50.9 Å². The minimum absolute atomic E-state index is 0.0636. The molecule has 0 aromatic heterocycles. The van der Waals surface area contributed by atoms with Crippen molar-refractivity contribution in [1.29, 1.82) is 0 Å². The number of phosphoric acid groups is 3. The van der Waals surface area contributed by atoms with Gasteiger partial charge >= 0.3 is 35.4 Å². The van der Waals surface area contributed by atoms with Crippen molar-refractivity contribution in [2.45, 2.75) is 140 Å². The van der Waals surface area contributed by atoms with Gasteiger partial charge in [0.15, 0.2) is 6.10 Å². The first kappa shape index (κ1) is 52.0. The first-order valence-electron chi connectivity index (χ1n) is 17.0. The van der Waals surface area contributed by atoms with Gasteiger partial charge in [-0.2, -0.15) is 0 Å². The van der Waals surface area contributed by atoms with Gasteiger partial charge in [-0.25, -0.2) is 13.7 Å². The Hall–Kier alpha value is -0.970. The molecule has 1 fully saturated rings. The Morgan fingerprint density at radius 3 is 1.51 bits per heavy atom. The molecule has 22 nitrogen and oxygen atoms in total. The average Bonchev–Trinajstić information content (AvgIpc) is 3.07. The van der Waals surface area contributed by atoms with Crippen LogP contribution in [0, 0.1) is 0 Å². The molecule has 3 unspecified atom stereocenters. The van der Waals surface area contributed by atoms with Crippen LogP contribution in [0.2, 0.25) is 0 Å². The number of phosphoric ester groups is 3. The Morgan fingerprint density at radius 2 is 1.06 bits per heavy atom. The second-order valence-electron chi connectivity index (χ2n) is 12.1. The first-order chi connectivity index (χ1) is 24.6. The minimum atomic E-state index is -5.49. The number of aliphatic hydroxyl groups is 6. The molecule has 11 N–H and O–H groups in total. The van der Waals surface area contributed by atoms with E-state index >= 15 is 0 Å². The van der Waals surface area contributed by atoms with E-state index in [1.165, 1.54) is 25.7 Å². The molecule has 1 aliphatic rings. The summed E-state index contributed by atoms with van der Waals surface area (Å²) in [5.41, 5.74) is 0. The van der Waals surface area contributed by atoms with Crippen LogP contribution < -0.4 is 0 Å². The average molecular weight is 839 g/mol. The van der Waals surface area contributed by atoms with Crippen LogP contribution in [0.3, 0.4) is 0 Å². The van der Waals surface area contributed by atoms with E-state index in [0.29, 0.717) is 12.8 Å². The highest BCUT2D eigenvalue weighted by atomic mass is 31.2.